The highest BCUT2D eigenvalue weighted by Crippen LogP contribution is 2.48. The Labute approximate surface area is 272 Å². The van der Waals surface area contributed by atoms with Gasteiger partial charge in [0, 0.05) is 16.8 Å². The average molecular weight is 609 g/mol. The third-order valence-electron chi connectivity index (χ3n) is 9.22. The van der Waals surface area contributed by atoms with Crippen LogP contribution >= 0.6 is 0 Å². The Bertz CT molecular complexity index is 2440. The van der Waals surface area contributed by atoms with E-state index < -0.39 is 0 Å². The summed E-state index contributed by atoms with van der Waals surface area (Å²) in [5, 5.41) is 4.73. The second kappa shape index (κ2) is 11.1. The summed E-state index contributed by atoms with van der Waals surface area (Å²) in [4.78, 5) is 14.2. The molecule has 4 nitrogen and oxygen atoms in total. The third kappa shape index (κ3) is 4.50. The summed E-state index contributed by atoms with van der Waals surface area (Å²) in [5.41, 5.74) is 8.77. The van der Waals surface area contributed by atoms with Crippen LogP contribution in [0.4, 0.5) is 38.6 Å². The lowest BCUT2D eigenvalue weighted by Crippen LogP contribution is -2.16. The summed E-state index contributed by atoms with van der Waals surface area (Å²) in [5.74, 6) is 0.506. The first-order valence-corrected chi connectivity index (χ1v) is 15.9. The van der Waals surface area contributed by atoms with E-state index in [2.05, 4.69) is 65.6 Å². The number of aryl methyl sites for hydroxylation is 2. The molecule has 7 aromatic carbocycles. The minimum Gasteiger partial charge on any atom is -0.307 e. The first kappa shape index (κ1) is 27.3. The Kier molecular flexibility index (Phi) is 6.42. The molecule has 8 aromatic rings. The van der Waals surface area contributed by atoms with Crippen LogP contribution in [0, 0.1) is 5.82 Å². The fourth-order valence-electron chi connectivity index (χ4n) is 7.15. The molecule has 5 heteroatoms. The van der Waals surface area contributed by atoms with Gasteiger partial charge in [0.2, 0.25) is 0 Å². The topological polar surface area (TPSA) is 32.3 Å². The molecule has 0 atom stereocenters. The zero-order valence-electron chi connectivity index (χ0n) is 25.5. The van der Waals surface area contributed by atoms with Gasteiger partial charge in [0.05, 0.1) is 34.3 Å². The molecule has 0 amide bonds. The summed E-state index contributed by atoms with van der Waals surface area (Å²) >= 11 is 0. The SMILES string of the molecule is Fc1ccccc1N(c1ccccc1)c1ccc2c3c1ccc1ccc(N(c4ccccc4)c4cnc5ccccc5n4)c(c13)CC2. The first-order chi connectivity index (χ1) is 23.2. The fourth-order valence-corrected chi connectivity index (χ4v) is 7.15. The first-order valence-electron chi connectivity index (χ1n) is 15.9. The zero-order chi connectivity index (χ0) is 31.3. The highest BCUT2D eigenvalue weighted by molar-refractivity contribution is 6.17. The summed E-state index contributed by atoms with van der Waals surface area (Å²) in [6.07, 6.45) is 3.66. The van der Waals surface area contributed by atoms with E-state index in [9.17, 15) is 0 Å². The molecule has 1 aliphatic carbocycles. The smallest absolute Gasteiger partial charge is 0.156 e. The minimum absolute atomic E-state index is 0.264. The third-order valence-corrected chi connectivity index (χ3v) is 9.22. The predicted octanol–water partition coefficient (Wildman–Crippen LogP) is 11.1. The van der Waals surface area contributed by atoms with Crippen molar-refractivity contribution in [2.75, 3.05) is 9.80 Å². The Morgan fingerprint density at radius 3 is 1.96 bits per heavy atom. The molecule has 0 radical (unpaired) electrons. The molecule has 224 valence electrons. The van der Waals surface area contributed by atoms with Crippen LogP contribution in [-0.4, -0.2) is 9.97 Å². The van der Waals surface area contributed by atoms with Crippen molar-refractivity contribution >= 4 is 66.8 Å². The number of hydrogen-bond acceptors (Lipinski definition) is 4. The van der Waals surface area contributed by atoms with Crippen LogP contribution in [0.3, 0.4) is 0 Å². The van der Waals surface area contributed by atoms with E-state index in [4.69, 9.17) is 9.97 Å². The molecule has 1 aromatic heterocycles. The van der Waals surface area contributed by atoms with Crippen molar-refractivity contribution in [2.45, 2.75) is 12.8 Å². The van der Waals surface area contributed by atoms with E-state index in [0.717, 1.165) is 57.8 Å². The lowest BCUT2D eigenvalue weighted by Gasteiger charge is -2.31. The Balaban J connectivity index is 1.31. The van der Waals surface area contributed by atoms with E-state index in [0.29, 0.717) is 5.69 Å². The molecule has 0 saturated heterocycles. The van der Waals surface area contributed by atoms with E-state index in [-0.39, 0.29) is 5.82 Å². The molecular formula is C42H29FN4. The lowest BCUT2D eigenvalue weighted by atomic mass is 9.84. The van der Waals surface area contributed by atoms with E-state index in [1.165, 1.54) is 33.4 Å². The van der Waals surface area contributed by atoms with Crippen molar-refractivity contribution in [2.24, 2.45) is 0 Å². The van der Waals surface area contributed by atoms with E-state index in [1.807, 2.05) is 83.9 Å². The lowest BCUT2D eigenvalue weighted by molar-refractivity contribution is 0.629. The molecule has 0 saturated carbocycles. The van der Waals surface area contributed by atoms with Gasteiger partial charge in [-0.1, -0.05) is 84.9 Å². The van der Waals surface area contributed by atoms with Gasteiger partial charge in [0.1, 0.15) is 5.82 Å². The number of rotatable bonds is 6. The van der Waals surface area contributed by atoms with Crippen molar-refractivity contribution in [3.8, 4) is 0 Å². The highest BCUT2D eigenvalue weighted by atomic mass is 19.1. The number of nitrogens with zero attached hydrogens (tertiary/aromatic N) is 4. The van der Waals surface area contributed by atoms with Gasteiger partial charge >= 0.3 is 0 Å². The van der Waals surface area contributed by atoms with Crippen LogP contribution in [0.5, 0.6) is 0 Å². The van der Waals surface area contributed by atoms with Crippen molar-refractivity contribution in [1.82, 2.24) is 9.97 Å². The van der Waals surface area contributed by atoms with Crippen molar-refractivity contribution < 1.29 is 4.39 Å². The number of halogens is 1. The second-order valence-electron chi connectivity index (χ2n) is 11.9. The van der Waals surface area contributed by atoms with Gasteiger partial charge in [-0.15, -0.1) is 0 Å². The molecule has 0 bridgehead atoms. The zero-order valence-corrected chi connectivity index (χ0v) is 25.5. The second-order valence-corrected chi connectivity index (χ2v) is 11.9. The predicted molar refractivity (Wildman–Crippen MR) is 191 cm³/mol. The van der Waals surface area contributed by atoms with Crippen LogP contribution in [0.1, 0.15) is 11.1 Å². The van der Waals surface area contributed by atoms with Crippen molar-refractivity contribution in [1.29, 1.82) is 0 Å². The normalized spacial score (nSPS) is 12.2. The largest absolute Gasteiger partial charge is 0.307 e. The molecule has 47 heavy (non-hydrogen) atoms. The van der Waals surface area contributed by atoms with Crippen LogP contribution in [-0.2, 0) is 12.8 Å². The molecular weight excluding hydrogens is 579 g/mol. The van der Waals surface area contributed by atoms with Crippen molar-refractivity contribution in [3.63, 3.8) is 0 Å². The molecule has 0 aliphatic heterocycles. The molecule has 0 N–H and O–H groups in total. The fraction of sp³-hybridized carbons (Fsp3) is 0.0476. The van der Waals surface area contributed by atoms with Crippen molar-refractivity contribution in [3.05, 3.63) is 169 Å². The Hall–Kier alpha value is -6.07. The summed E-state index contributed by atoms with van der Waals surface area (Å²) in [6.45, 7) is 0. The van der Waals surface area contributed by atoms with Gasteiger partial charge in [0.15, 0.2) is 5.82 Å². The van der Waals surface area contributed by atoms with E-state index in [1.54, 1.807) is 6.07 Å². The number of para-hydroxylation sites is 5. The highest BCUT2D eigenvalue weighted by Gasteiger charge is 2.26. The maximum Gasteiger partial charge on any atom is 0.156 e. The number of benzene rings is 7. The number of fused-ring (bicyclic) bond motifs is 1. The Morgan fingerprint density at radius 2 is 1.17 bits per heavy atom. The van der Waals surface area contributed by atoms with Gasteiger partial charge in [0.25, 0.3) is 0 Å². The summed E-state index contributed by atoms with van der Waals surface area (Å²) in [7, 11) is 0. The van der Waals surface area contributed by atoms with Gasteiger partial charge in [-0.2, -0.15) is 0 Å². The van der Waals surface area contributed by atoms with Crippen LogP contribution in [0.25, 0.3) is 32.6 Å². The molecule has 0 spiro atoms. The van der Waals surface area contributed by atoms with Gasteiger partial charge < -0.3 is 4.90 Å². The Morgan fingerprint density at radius 1 is 0.511 bits per heavy atom. The number of anilines is 6. The average Bonchev–Trinajstić information content (AvgIpc) is 3.13. The summed E-state index contributed by atoms with van der Waals surface area (Å²) < 4.78 is 15.5. The molecule has 0 fully saturated rings. The summed E-state index contributed by atoms with van der Waals surface area (Å²) in [6, 6.07) is 48.6. The molecule has 9 rings (SSSR count). The minimum atomic E-state index is -0.264. The molecule has 1 heterocycles. The molecule has 0 unspecified atom stereocenters. The van der Waals surface area contributed by atoms with Crippen LogP contribution in [0.2, 0.25) is 0 Å². The molecule has 1 aliphatic rings. The van der Waals surface area contributed by atoms with Crippen LogP contribution < -0.4 is 9.80 Å². The quantitative estimate of drug-likeness (QED) is 0.176. The monoisotopic (exact) mass is 608 g/mol. The standard InChI is InChI=1S/C42H29FN4/c43-34-15-7-10-18-39(34)46(30-11-3-1-4-12-30)37-25-21-28-20-24-33-38(26-22-29-19-23-32(37)41(28)42(29)33)47(31-13-5-2-6-14-31)40-27-44-35-16-8-9-17-36(35)45-40/h1-19,21-23,25-27H,20,24H2. The van der Waals surface area contributed by atoms with E-state index >= 15 is 4.39 Å². The maximum atomic E-state index is 15.5. The van der Waals surface area contributed by atoms with Crippen LogP contribution in [0.15, 0.2) is 152 Å². The van der Waals surface area contributed by atoms with Gasteiger partial charge in [-0.05, 0) is 101 Å². The number of aromatic nitrogens is 2. The maximum absolute atomic E-state index is 15.5. The number of hydrogen-bond donors (Lipinski definition) is 0. The van der Waals surface area contributed by atoms with Gasteiger partial charge in [-0.3, -0.25) is 9.88 Å². The van der Waals surface area contributed by atoms with Gasteiger partial charge in [-0.25, -0.2) is 9.37 Å².